The van der Waals surface area contributed by atoms with Crippen molar-refractivity contribution < 1.29 is 46.9 Å². The Labute approximate surface area is 449 Å². The molecule has 4 atom stereocenters. The summed E-state index contributed by atoms with van der Waals surface area (Å²) in [5.41, 5.74) is 2.36. The van der Waals surface area contributed by atoms with Gasteiger partial charge in [-0.15, -0.1) is 11.3 Å². The van der Waals surface area contributed by atoms with Crippen LogP contribution >= 0.6 is 23.6 Å². The monoisotopic (exact) mass is 1080 g/mol. The molecule has 0 radical (unpaired) electrons. The predicted octanol–water partition coefficient (Wildman–Crippen LogP) is 9.83. The van der Waals surface area contributed by atoms with Crippen molar-refractivity contribution in [1.29, 1.82) is 5.26 Å². The third-order valence-electron chi connectivity index (χ3n) is 13.9. The zero-order chi connectivity index (χ0) is 54.9. The second kappa shape index (κ2) is 22.3. The highest BCUT2D eigenvalue weighted by Gasteiger charge is 2.51. The number of hydrogen-bond donors (Lipinski definition) is 3. The van der Waals surface area contributed by atoms with E-state index in [0.717, 1.165) is 38.7 Å². The summed E-state index contributed by atoms with van der Waals surface area (Å²) in [6.07, 6.45) is -1.22. The number of thiocarbonyl (C=S) groups is 1. The van der Waals surface area contributed by atoms with E-state index in [1.165, 1.54) is 12.3 Å². The van der Waals surface area contributed by atoms with Gasteiger partial charge in [0.05, 0.1) is 63.4 Å². The van der Waals surface area contributed by atoms with E-state index in [2.05, 4.69) is 51.4 Å². The van der Waals surface area contributed by atoms with Crippen molar-refractivity contribution in [3.8, 4) is 33.9 Å². The van der Waals surface area contributed by atoms with E-state index < -0.39 is 58.3 Å². The van der Waals surface area contributed by atoms with Gasteiger partial charge in [-0.2, -0.15) is 18.4 Å². The summed E-state index contributed by atoms with van der Waals surface area (Å²) >= 11 is 7.27. The summed E-state index contributed by atoms with van der Waals surface area (Å²) < 4.78 is 59.7. The molecule has 20 heteroatoms. The molecule has 1 saturated carbocycles. The van der Waals surface area contributed by atoms with Gasteiger partial charge in [-0.25, -0.2) is 9.97 Å². The summed E-state index contributed by atoms with van der Waals surface area (Å²) in [6.45, 7) is 16.9. The molecule has 0 bridgehead atoms. The van der Waals surface area contributed by atoms with E-state index in [0.29, 0.717) is 60.9 Å². The van der Waals surface area contributed by atoms with Crippen LogP contribution in [0.2, 0.25) is 0 Å². The lowest BCUT2D eigenvalue weighted by Crippen LogP contribution is -2.57. The number of nitrogens with zero attached hydrogens (tertiary/aromatic N) is 6. The van der Waals surface area contributed by atoms with Crippen molar-refractivity contribution >= 4 is 57.8 Å². The van der Waals surface area contributed by atoms with Crippen molar-refractivity contribution in [2.75, 3.05) is 23.0 Å². The van der Waals surface area contributed by atoms with Crippen LogP contribution in [0.3, 0.4) is 0 Å². The van der Waals surface area contributed by atoms with Crippen LogP contribution in [0.1, 0.15) is 102 Å². The van der Waals surface area contributed by atoms with E-state index in [9.17, 15) is 37.9 Å². The Bertz CT molecular complexity index is 3000. The minimum Gasteiger partial charge on any atom is -0.490 e. The number of halogens is 3. The minimum atomic E-state index is -4.81. The van der Waals surface area contributed by atoms with E-state index in [1.54, 1.807) is 77.5 Å². The maximum absolute atomic E-state index is 14.3. The summed E-state index contributed by atoms with van der Waals surface area (Å²) in [7, 11) is 0. The summed E-state index contributed by atoms with van der Waals surface area (Å²) in [5, 5.41) is 26.4. The van der Waals surface area contributed by atoms with Crippen LogP contribution in [0.4, 0.5) is 24.5 Å². The summed E-state index contributed by atoms with van der Waals surface area (Å²) in [4.78, 5) is 55.4. The van der Waals surface area contributed by atoms with Gasteiger partial charge >= 0.3 is 6.18 Å². The number of likely N-dealkylation sites (tertiary alicyclic amines) is 1. The zero-order valence-corrected chi connectivity index (χ0v) is 44.9. The second-order valence-corrected chi connectivity index (χ2v) is 22.2. The number of aryl methyl sites for hydroxylation is 1. The molecule has 8 rings (SSSR count). The molecule has 3 aliphatic rings. The lowest BCUT2D eigenvalue weighted by atomic mass is 9.85. The maximum atomic E-state index is 14.3. The lowest BCUT2D eigenvalue weighted by Gasteiger charge is -2.36. The van der Waals surface area contributed by atoms with Crippen LogP contribution in [0.25, 0.3) is 10.4 Å². The van der Waals surface area contributed by atoms with Gasteiger partial charge in [0.2, 0.25) is 11.8 Å². The summed E-state index contributed by atoms with van der Waals surface area (Å²) in [6, 6.07) is 21.6. The number of aliphatic hydroxyl groups excluding tert-OH is 1. The first kappa shape index (κ1) is 55.2. The van der Waals surface area contributed by atoms with E-state index in [1.807, 2.05) is 40.1 Å². The number of ether oxygens (including phenoxy) is 3. The molecule has 76 heavy (non-hydrogen) atoms. The van der Waals surface area contributed by atoms with Gasteiger partial charge in [-0.05, 0) is 131 Å². The van der Waals surface area contributed by atoms with Crippen molar-refractivity contribution in [3.05, 3.63) is 125 Å². The zero-order valence-electron chi connectivity index (χ0n) is 43.3. The molecule has 3 N–H and O–H groups in total. The number of thiazole rings is 1. The van der Waals surface area contributed by atoms with Crippen LogP contribution < -0.4 is 34.6 Å². The number of benzene rings is 3. The van der Waals surface area contributed by atoms with Crippen LogP contribution in [0.5, 0.6) is 17.4 Å². The van der Waals surface area contributed by atoms with Gasteiger partial charge in [-0.1, -0.05) is 51.6 Å². The molecule has 1 aliphatic carbocycles. The molecule has 5 aromatic rings. The van der Waals surface area contributed by atoms with Gasteiger partial charge in [0, 0.05) is 36.5 Å². The van der Waals surface area contributed by atoms with Crippen LogP contribution in [-0.2, 0) is 20.6 Å². The average molecular weight is 1080 g/mol. The Morgan fingerprint density at radius 2 is 1.59 bits per heavy atom. The van der Waals surface area contributed by atoms with E-state index in [-0.39, 0.29) is 48.1 Å². The first-order valence-electron chi connectivity index (χ1n) is 25.0. The highest BCUT2D eigenvalue weighted by atomic mass is 32.1. The summed E-state index contributed by atoms with van der Waals surface area (Å²) in [5.74, 6) is -0.0338. The van der Waals surface area contributed by atoms with E-state index in [4.69, 9.17) is 26.4 Å². The van der Waals surface area contributed by atoms with Gasteiger partial charge in [0.15, 0.2) is 11.7 Å². The largest absolute Gasteiger partial charge is 0.490 e. The number of nitrogens with one attached hydrogen (secondary N) is 2. The van der Waals surface area contributed by atoms with Crippen LogP contribution in [0, 0.1) is 23.7 Å². The van der Waals surface area contributed by atoms with Crippen LogP contribution in [-0.4, -0.2) is 91.9 Å². The highest BCUT2D eigenvalue weighted by molar-refractivity contribution is 7.81. The number of hydrogen-bond acceptors (Lipinski definition) is 13. The molecule has 400 valence electrons. The first-order chi connectivity index (χ1) is 35.9. The third-order valence-corrected chi connectivity index (χ3v) is 15.3. The maximum Gasteiger partial charge on any atom is 0.417 e. The number of nitriles is 1. The molecule has 15 nitrogen and oxygen atoms in total. The predicted molar refractivity (Wildman–Crippen MR) is 287 cm³/mol. The molecular formula is C56H61F3N8O7S2. The molecule has 3 amide bonds. The molecule has 2 saturated heterocycles. The van der Waals surface area contributed by atoms with Crippen molar-refractivity contribution in [3.63, 3.8) is 0 Å². The first-order valence-corrected chi connectivity index (χ1v) is 26.3. The Balaban J connectivity index is 0.789. The van der Waals surface area contributed by atoms with Gasteiger partial charge in [0.25, 0.3) is 11.8 Å². The fourth-order valence-corrected chi connectivity index (χ4v) is 11.1. The molecule has 2 aliphatic heterocycles. The van der Waals surface area contributed by atoms with E-state index >= 15 is 0 Å². The molecule has 3 fully saturated rings. The Morgan fingerprint density at radius 1 is 0.947 bits per heavy atom. The smallest absolute Gasteiger partial charge is 0.417 e. The van der Waals surface area contributed by atoms with Gasteiger partial charge < -0.3 is 39.8 Å². The Hall–Kier alpha value is -7.08. The molecule has 4 heterocycles. The lowest BCUT2D eigenvalue weighted by molar-refractivity contribution is -0.140. The fraction of sp³-hybridized carbons (Fsp3) is 0.411. The molecule has 0 spiro atoms. The molecule has 0 unspecified atom stereocenters. The Morgan fingerprint density at radius 3 is 2.18 bits per heavy atom. The number of amides is 3. The second-order valence-electron chi connectivity index (χ2n) is 20.9. The fourth-order valence-electron chi connectivity index (χ4n) is 9.80. The van der Waals surface area contributed by atoms with Crippen molar-refractivity contribution in [1.82, 2.24) is 25.5 Å². The number of anilines is 2. The number of pyridine rings is 1. The Kier molecular flexibility index (Phi) is 16.1. The third kappa shape index (κ3) is 12.1. The SMILES string of the molecule is C=C(N[C@@H](C)c1ccc(-c2scnc2C)cc1)[C@@H]1C[C@@H](O)CN1C(=O)[C@@H](NC(=O)COc1ccc(OC2CCC(Oc3ccc(N4C(=S)N(c5ccc(C#N)c(C(F)(F)F)c5)C(=O)C4(C)C)cc3)CC2)nc1)C(C)(C)C. The number of alkyl halides is 3. The number of carbonyl (C=O) groups is 3. The van der Waals surface area contributed by atoms with Crippen LogP contribution in [0.15, 0.2) is 103 Å². The quantitative estimate of drug-likeness (QED) is 0.0795. The number of β-amino-alcohol motifs (C(OH)–C–C–N with tert-alkyl or cyclic N) is 1. The van der Waals surface area contributed by atoms with Gasteiger partial charge in [0.1, 0.15) is 29.2 Å². The minimum absolute atomic E-state index is 0.00270. The molecule has 2 aromatic heterocycles. The normalized spacial score (nSPS) is 20.4. The number of rotatable bonds is 16. The average Bonchev–Trinajstić information content (AvgIpc) is 4.08. The number of carbonyl (C=O) groups excluding carboxylic acids is 3. The number of aliphatic hydroxyl groups is 1. The van der Waals surface area contributed by atoms with Crippen molar-refractivity contribution in [2.24, 2.45) is 5.41 Å². The molecule has 3 aromatic carbocycles. The molecular weight excluding hydrogens is 1020 g/mol. The van der Waals surface area contributed by atoms with Crippen molar-refractivity contribution in [2.45, 2.75) is 129 Å². The standard InChI is InChI=1S/C56H61F3N8O7S2/c1-32(35-9-11-36(12-10-35)49-34(3)62-31-76-49)63-33(2)46-26-40(68)29-65(46)51(70)50(54(4,5)6)64-47(69)30-72-44-23-24-48(61-28-44)74-43-21-19-42(20-22-43)73-41-17-15-38(16-18-41)67-53(75)66(52(71)55(67,7)8)39-14-13-37(27-60)45(25-39)56(57,58)59/h9-18,23-25,28,31-32,40,42-43,46,50,63,68H,2,19-22,26,29-30H2,1,3-8H3,(H,64,69)/t32-,40+,42?,43?,46-,50+/m0/s1. The highest BCUT2D eigenvalue weighted by Crippen LogP contribution is 2.41. The topological polar surface area (TPSA) is 182 Å². The number of aromatic nitrogens is 2. The van der Waals surface area contributed by atoms with Gasteiger partial charge in [-0.3, -0.25) is 19.3 Å².